The molecule has 0 bridgehead atoms. The summed E-state index contributed by atoms with van der Waals surface area (Å²) in [7, 11) is 1.56. The van der Waals surface area contributed by atoms with Gasteiger partial charge in [-0.1, -0.05) is 6.07 Å². The lowest BCUT2D eigenvalue weighted by Gasteiger charge is -2.09. The Morgan fingerprint density at radius 3 is 2.65 bits per heavy atom. The lowest BCUT2D eigenvalue weighted by Crippen LogP contribution is -2.33. The van der Waals surface area contributed by atoms with E-state index in [9.17, 15) is 9.59 Å². The van der Waals surface area contributed by atoms with Gasteiger partial charge >= 0.3 is 0 Å². The zero-order valence-corrected chi connectivity index (χ0v) is 14.8. The molecule has 2 N–H and O–H groups in total. The van der Waals surface area contributed by atoms with Crippen molar-refractivity contribution in [3.63, 3.8) is 0 Å². The quantitative estimate of drug-likeness (QED) is 0.530. The first kappa shape index (κ1) is 19.1. The van der Waals surface area contributed by atoms with Gasteiger partial charge in [-0.3, -0.25) is 9.59 Å². The number of amides is 2. The van der Waals surface area contributed by atoms with E-state index in [1.165, 1.54) is 12.3 Å². The van der Waals surface area contributed by atoms with Crippen LogP contribution >= 0.6 is 0 Å². The largest absolute Gasteiger partial charge is 0.493 e. The van der Waals surface area contributed by atoms with Gasteiger partial charge in [-0.15, -0.1) is 0 Å². The minimum Gasteiger partial charge on any atom is -0.493 e. The van der Waals surface area contributed by atoms with E-state index in [-0.39, 0.29) is 17.6 Å². The number of furan rings is 1. The Hall–Kier alpha value is -3.22. The normalized spacial score (nSPS) is 10.5. The first-order chi connectivity index (χ1) is 12.6. The number of rotatable bonds is 9. The van der Waals surface area contributed by atoms with E-state index in [2.05, 4.69) is 10.6 Å². The van der Waals surface area contributed by atoms with E-state index >= 15 is 0 Å². The molecule has 7 heteroatoms. The molecule has 2 amide bonds. The van der Waals surface area contributed by atoms with Crippen molar-refractivity contribution in [3.8, 4) is 11.5 Å². The Labute approximate surface area is 152 Å². The molecule has 2 aromatic rings. The summed E-state index contributed by atoms with van der Waals surface area (Å²) < 4.78 is 15.7. The molecule has 0 saturated heterocycles. The second kappa shape index (κ2) is 9.93. The number of carbonyl (C=O) groups excluding carboxylic acids is 2. The second-order valence-electron chi connectivity index (χ2n) is 5.20. The highest BCUT2D eigenvalue weighted by Gasteiger charge is 2.07. The molecular weight excluding hydrogens is 336 g/mol. The molecule has 0 atom stereocenters. The predicted molar refractivity (Wildman–Crippen MR) is 97.2 cm³/mol. The maximum atomic E-state index is 11.8. The summed E-state index contributed by atoms with van der Waals surface area (Å²) in [6.07, 6.45) is 4.52. The van der Waals surface area contributed by atoms with Crippen LogP contribution in [-0.2, 0) is 4.79 Å². The minimum absolute atomic E-state index is 0.237. The molecule has 0 radical (unpaired) electrons. The molecule has 0 aliphatic carbocycles. The van der Waals surface area contributed by atoms with Crippen LogP contribution in [0.25, 0.3) is 6.08 Å². The van der Waals surface area contributed by atoms with E-state index in [1.807, 2.05) is 13.0 Å². The van der Waals surface area contributed by atoms with Crippen LogP contribution in [0, 0.1) is 0 Å². The average molecular weight is 358 g/mol. The van der Waals surface area contributed by atoms with Crippen molar-refractivity contribution in [1.29, 1.82) is 0 Å². The molecule has 0 unspecified atom stereocenters. The number of carbonyl (C=O) groups is 2. The van der Waals surface area contributed by atoms with E-state index in [4.69, 9.17) is 13.9 Å². The zero-order valence-electron chi connectivity index (χ0n) is 14.8. The van der Waals surface area contributed by atoms with E-state index in [0.29, 0.717) is 31.2 Å². The Morgan fingerprint density at radius 2 is 1.96 bits per heavy atom. The van der Waals surface area contributed by atoms with Gasteiger partial charge in [0, 0.05) is 19.2 Å². The summed E-state index contributed by atoms with van der Waals surface area (Å²) in [6.45, 7) is 3.05. The standard InChI is InChI=1S/C19H22N2O5/c1-3-25-15-8-6-14(13-17(15)24-2)7-9-18(22)20-10-11-21-19(23)16-5-4-12-26-16/h4-9,12-13H,3,10-11H2,1-2H3,(H,20,22)(H,21,23)/b9-7+. The molecule has 1 aromatic carbocycles. The Bertz CT molecular complexity index is 753. The molecule has 0 aliphatic heterocycles. The van der Waals surface area contributed by atoms with Crippen LogP contribution in [0.1, 0.15) is 23.0 Å². The Balaban J connectivity index is 1.77. The monoisotopic (exact) mass is 358 g/mol. The van der Waals surface area contributed by atoms with Crippen LogP contribution in [0.4, 0.5) is 0 Å². The van der Waals surface area contributed by atoms with Crippen LogP contribution in [0.2, 0.25) is 0 Å². The Morgan fingerprint density at radius 1 is 1.15 bits per heavy atom. The fourth-order valence-corrected chi connectivity index (χ4v) is 2.15. The summed E-state index contributed by atoms with van der Waals surface area (Å²) >= 11 is 0. The second-order valence-corrected chi connectivity index (χ2v) is 5.20. The van der Waals surface area contributed by atoms with Gasteiger partial charge in [0.25, 0.3) is 5.91 Å². The van der Waals surface area contributed by atoms with Crippen molar-refractivity contribution in [3.05, 3.63) is 54.0 Å². The summed E-state index contributed by atoms with van der Waals surface area (Å²) in [5.41, 5.74) is 0.812. The predicted octanol–water partition coefficient (Wildman–Crippen LogP) is 2.25. The van der Waals surface area contributed by atoms with Crippen LogP contribution in [-0.4, -0.2) is 38.6 Å². The van der Waals surface area contributed by atoms with Crippen molar-refractivity contribution in [2.75, 3.05) is 26.8 Å². The van der Waals surface area contributed by atoms with Gasteiger partial charge in [0.05, 0.1) is 20.0 Å². The molecule has 0 saturated carbocycles. The van der Waals surface area contributed by atoms with Crippen LogP contribution in [0.5, 0.6) is 11.5 Å². The third kappa shape index (κ3) is 5.70. The first-order valence-electron chi connectivity index (χ1n) is 8.22. The molecule has 26 heavy (non-hydrogen) atoms. The number of hydrogen-bond donors (Lipinski definition) is 2. The van der Waals surface area contributed by atoms with Gasteiger partial charge in [-0.05, 0) is 42.8 Å². The lowest BCUT2D eigenvalue weighted by atomic mass is 10.2. The SMILES string of the molecule is CCOc1ccc(/C=C/C(=O)NCCNC(=O)c2ccco2)cc1OC. The lowest BCUT2D eigenvalue weighted by molar-refractivity contribution is -0.116. The van der Waals surface area contributed by atoms with Gasteiger partial charge < -0.3 is 24.5 Å². The summed E-state index contributed by atoms with van der Waals surface area (Å²) in [4.78, 5) is 23.5. The fraction of sp³-hybridized carbons (Fsp3) is 0.263. The van der Waals surface area contributed by atoms with Crippen LogP contribution in [0.3, 0.4) is 0 Å². The smallest absolute Gasteiger partial charge is 0.287 e. The van der Waals surface area contributed by atoms with Gasteiger partial charge in [0.15, 0.2) is 17.3 Å². The number of nitrogens with one attached hydrogen (secondary N) is 2. The van der Waals surface area contributed by atoms with Gasteiger partial charge in [0.1, 0.15) is 0 Å². The summed E-state index contributed by atoms with van der Waals surface area (Å²) in [5, 5.41) is 5.33. The molecular formula is C19H22N2O5. The number of hydrogen-bond acceptors (Lipinski definition) is 5. The minimum atomic E-state index is -0.318. The zero-order chi connectivity index (χ0) is 18.8. The van der Waals surface area contributed by atoms with Crippen LogP contribution in [0.15, 0.2) is 47.1 Å². The molecule has 0 fully saturated rings. The van der Waals surface area contributed by atoms with Gasteiger partial charge in [-0.2, -0.15) is 0 Å². The van der Waals surface area contributed by atoms with Crippen molar-refractivity contribution in [2.24, 2.45) is 0 Å². The molecule has 2 rings (SSSR count). The molecule has 1 aromatic heterocycles. The summed E-state index contributed by atoms with van der Waals surface area (Å²) in [5.74, 6) is 0.922. The Kier molecular flexibility index (Phi) is 7.30. The molecule has 138 valence electrons. The van der Waals surface area contributed by atoms with Crippen molar-refractivity contribution >= 4 is 17.9 Å². The topological polar surface area (TPSA) is 89.8 Å². The average Bonchev–Trinajstić information content (AvgIpc) is 3.19. The highest BCUT2D eigenvalue weighted by Crippen LogP contribution is 2.28. The maximum absolute atomic E-state index is 11.8. The summed E-state index contributed by atoms with van der Waals surface area (Å²) in [6, 6.07) is 8.63. The maximum Gasteiger partial charge on any atom is 0.287 e. The molecule has 0 spiro atoms. The third-order valence-corrected chi connectivity index (χ3v) is 3.37. The highest BCUT2D eigenvalue weighted by molar-refractivity contribution is 5.92. The third-order valence-electron chi connectivity index (χ3n) is 3.37. The van der Waals surface area contributed by atoms with Crippen molar-refractivity contribution in [1.82, 2.24) is 10.6 Å². The fourth-order valence-electron chi connectivity index (χ4n) is 2.15. The van der Waals surface area contributed by atoms with Crippen LogP contribution < -0.4 is 20.1 Å². The highest BCUT2D eigenvalue weighted by atomic mass is 16.5. The first-order valence-corrected chi connectivity index (χ1v) is 8.22. The van der Waals surface area contributed by atoms with E-state index < -0.39 is 0 Å². The number of benzene rings is 1. The van der Waals surface area contributed by atoms with Gasteiger partial charge in [-0.25, -0.2) is 0 Å². The number of ether oxygens (including phenoxy) is 2. The molecule has 0 aliphatic rings. The molecule has 1 heterocycles. The molecule has 7 nitrogen and oxygen atoms in total. The van der Waals surface area contributed by atoms with E-state index in [0.717, 1.165) is 5.56 Å². The number of methoxy groups -OCH3 is 1. The van der Waals surface area contributed by atoms with E-state index in [1.54, 1.807) is 37.5 Å². The van der Waals surface area contributed by atoms with Crippen molar-refractivity contribution in [2.45, 2.75) is 6.92 Å². The van der Waals surface area contributed by atoms with Crippen molar-refractivity contribution < 1.29 is 23.5 Å². The van der Waals surface area contributed by atoms with Gasteiger partial charge in [0.2, 0.25) is 5.91 Å².